The molecular formula is C27H28N4O4S. The Balaban J connectivity index is 1.45. The second-order valence-electron chi connectivity index (χ2n) is 7.80. The summed E-state index contributed by atoms with van der Waals surface area (Å²) in [5.41, 5.74) is 1.94. The lowest BCUT2D eigenvalue weighted by Gasteiger charge is -2.20. The van der Waals surface area contributed by atoms with E-state index in [1.165, 1.54) is 16.8 Å². The number of hydrogen-bond donors (Lipinski definition) is 1. The Morgan fingerprint density at radius 2 is 1.83 bits per heavy atom. The standard InChI is InChI=1S/C27H28N4O4S/c1-4-9-19-10-7-8-11-21(19)34-14-15-35-22-13-12-18(17-23(22)33-6-3)16-20-25(28)31-27(29-26(20)32)36-24(5-2)30-31/h4,7-8,10-13,16-17,28H,1,5-6,9,14-15H2,2-3H3/b20-16+,28-25?. The first-order valence-corrected chi connectivity index (χ1v) is 12.6. The third-order valence-corrected chi connectivity index (χ3v) is 6.37. The van der Waals surface area contributed by atoms with E-state index in [0.29, 0.717) is 48.5 Å². The van der Waals surface area contributed by atoms with Crippen LogP contribution in [0, 0.1) is 5.41 Å². The van der Waals surface area contributed by atoms with Crippen LogP contribution < -0.4 is 14.2 Å². The number of benzene rings is 2. The van der Waals surface area contributed by atoms with Gasteiger partial charge in [-0.25, -0.2) is 0 Å². The van der Waals surface area contributed by atoms with E-state index in [1.54, 1.807) is 18.2 Å². The molecular weight excluding hydrogens is 476 g/mol. The number of rotatable bonds is 11. The van der Waals surface area contributed by atoms with Crippen LogP contribution in [0.2, 0.25) is 0 Å². The summed E-state index contributed by atoms with van der Waals surface area (Å²) in [6, 6.07) is 13.2. The number of aliphatic imine (C=N–C) groups is 1. The van der Waals surface area contributed by atoms with E-state index in [-0.39, 0.29) is 11.4 Å². The molecule has 186 valence electrons. The van der Waals surface area contributed by atoms with Gasteiger partial charge >= 0.3 is 0 Å². The van der Waals surface area contributed by atoms with Crippen LogP contribution in [0.25, 0.3) is 6.08 Å². The van der Waals surface area contributed by atoms with Crippen molar-refractivity contribution in [3.8, 4) is 17.2 Å². The maximum absolute atomic E-state index is 12.6. The zero-order valence-electron chi connectivity index (χ0n) is 20.3. The van der Waals surface area contributed by atoms with Crippen molar-refractivity contribution in [1.29, 1.82) is 5.41 Å². The third-order valence-electron chi connectivity index (χ3n) is 5.31. The van der Waals surface area contributed by atoms with Crippen molar-refractivity contribution >= 4 is 39.8 Å². The highest BCUT2D eigenvalue weighted by Gasteiger charge is 2.35. The number of thioether (sulfide) groups is 1. The molecule has 9 heteroatoms. The molecule has 2 aromatic carbocycles. The summed E-state index contributed by atoms with van der Waals surface area (Å²) in [7, 11) is 0. The molecule has 0 saturated heterocycles. The summed E-state index contributed by atoms with van der Waals surface area (Å²) in [5, 5.41) is 15.5. The van der Waals surface area contributed by atoms with Gasteiger partial charge in [-0.2, -0.15) is 15.1 Å². The van der Waals surface area contributed by atoms with Crippen molar-refractivity contribution in [2.75, 3.05) is 19.8 Å². The molecule has 2 aromatic rings. The Hall–Kier alpha value is -3.85. The zero-order valence-corrected chi connectivity index (χ0v) is 21.1. The van der Waals surface area contributed by atoms with E-state index in [2.05, 4.69) is 16.7 Å². The van der Waals surface area contributed by atoms with E-state index >= 15 is 0 Å². The van der Waals surface area contributed by atoms with Crippen LogP contribution in [0.1, 0.15) is 31.4 Å². The molecule has 0 bridgehead atoms. The van der Waals surface area contributed by atoms with E-state index < -0.39 is 5.91 Å². The number of carbonyl (C=O) groups is 1. The van der Waals surface area contributed by atoms with Crippen LogP contribution in [-0.4, -0.2) is 46.8 Å². The first-order valence-electron chi connectivity index (χ1n) is 11.7. The Labute approximate surface area is 214 Å². The average Bonchev–Trinajstić information content (AvgIpc) is 3.30. The number of allylic oxidation sites excluding steroid dienone is 1. The van der Waals surface area contributed by atoms with Crippen molar-refractivity contribution in [3.63, 3.8) is 0 Å². The largest absolute Gasteiger partial charge is 0.490 e. The Morgan fingerprint density at radius 3 is 2.58 bits per heavy atom. The Bertz CT molecular complexity index is 1270. The predicted octanol–water partition coefficient (Wildman–Crippen LogP) is 5.30. The number of ether oxygens (including phenoxy) is 3. The van der Waals surface area contributed by atoms with E-state index in [9.17, 15) is 4.79 Å². The number of amidine groups is 2. The fourth-order valence-electron chi connectivity index (χ4n) is 3.62. The molecule has 8 nitrogen and oxygen atoms in total. The van der Waals surface area contributed by atoms with Gasteiger partial charge in [-0.15, -0.1) is 6.58 Å². The van der Waals surface area contributed by atoms with Gasteiger partial charge in [-0.1, -0.05) is 37.3 Å². The van der Waals surface area contributed by atoms with Crippen molar-refractivity contribution in [2.45, 2.75) is 26.7 Å². The van der Waals surface area contributed by atoms with Crippen molar-refractivity contribution in [2.24, 2.45) is 10.1 Å². The normalized spacial score (nSPS) is 15.9. The molecule has 2 aliphatic heterocycles. The lowest BCUT2D eigenvalue weighted by atomic mass is 10.1. The molecule has 4 rings (SSSR count). The lowest BCUT2D eigenvalue weighted by molar-refractivity contribution is -0.114. The van der Waals surface area contributed by atoms with Gasteiger partial charge in [-0.3, -0.25) is 10.2 Å². The minimum atomic E-state index is -0.460. The van der Waals surface area contributed by atoms with Crippen molar-refractivity contribution in [1.82, 2.24) is 5.01 Å². The first kappa shape index (κ1) is 25.2. The number of carbonyl (C=O) groups excluding carboxylic acids is 1. The zero-order chi connectivity index (χ0) is 25.5. The Kier molecular flexibility index (Phi) is 8.22. The van der Waals surface area contributed by atoms with Crippen LogP contribution in [0.5, 0.6) is 17.2 Å². The lowest BCUT2D eigenvalue weighted by Crippen LogP contribution is -2.35. The number of hydrazone groups is 1. The maximum Gasteiger partial charge on any atom is 0.283 e. The number of fused-ring (bicyclic) bond motifs is 1. The fraction of sp³-hybridized carbons (Fsp3) is 0.259. The van der Waals surface area contributed by atoms with Gasteiger partial charge in [0.1, 0.15) is 24.0 Å². The molecule has 0 radical (unpaired) electrons. The number of hydrogen-bond acceptors (Lipinski definition) is 7. The summed E-state index contributed by atoms with van der Waals surface area (Å²) < 4.78 is 17.6. The second kappa shape index (κ2) is 11.7. The topological polar surface area (TPSA) is 96.6 Å². The summed E-state index contributed by atoms with van der Waals surface area (Å²) in [6.07, 6.45) is 4.92. The van der Waals surface area contributed by atoms with Crippen LogP contribution in [-0.2, 0) is 11.2 Å². The van der Waals surface area contributed by atoms with Gasteiger partial charge in [0.2, 0.25) is 5.17 Å². The van der Waals surface area contributed by atoms with Crippen LogP contribution in [0.3, 0.4) is 0 Å². The molecule has 1 N–H and O–H groups in total. The molecule has 2 aliphatic rings. The molecule has 0 saturated carbocycles. The monoisotopic (exact) mass is 504 g/mol. The highest BCUT2D eigenvalue weighted by Crippen LogP contribution is 2.32. The molecule has 1 amide bonds. The maximum atomic E-state index is 12.6. The van der Waals surface area contributed by atoms with Crippen LogP contribution in [0.15, 0.2) is 70.8 Å². The second-order valence-corrected chi connectivity index (χ2v) is 8.84. The summed E-state index contributed by atoms with van der Waals surface area (Å²) in [4.78, 5) is 16.7. The molecule has 0 atom stereocenters. The summed E-state index contributed by atoms with van der Waals surface area (Å²) >= 11 is 1.32. The minimum Gasteiger partial charge on any atom is -0.490 e. The van der Waals surface area contributed by atoms with Crippen LogP contribution >= 0.6 is 11.8 Å². The highest BCUT2D eigenvalue weighted by molar-refractivity contribution is 8.26. The smallest absolute Gasteiger partial charge is 0.283 e. The molecule has 0 spiro atoms. The number of amides is 1. The van der Waals surface area contributed by atoms with E-state index in [4.69, 9.17) is 19.6 Å². The molecule has 0 fully saturated rings. The molecule has 36 heavy (non-hydrogen) atoms. The predicted molar refractivity (Wildman–Crippen MR) is 144 cm³/mol. The third kappa shape index (κ3) is 5.68. The van der Waals surface area contributed by atoms with Crippen molar-refractivity contribution < 1.29 is 19.0 Å². The van der Waals surface area contributed by atoms with Gasteiger partial charge in [0.05, 0.1) is 12.2 Å². The van der Waals surface area contributed by atoms with Gasteiger partial charge in [-0.05, 0) is 66.9 Å². The summed E-state index contributed by atoms with van der Waals surface area (Å²) in [5.74, 6) is 1.47. The van der Waals surface area contributed by atoms with E-state index in [1.807, 2.05) is 50.3 Å². The van der Waals surface area contributed by atoms with Crippen LogP contribution in [0.4, 0.5) is 0 Å². The van der Waals surface area contributed by atoms with Gasteiger partial charge in [0.25, 0.3) is 5.91 Å². The minimum absolute atomic E-state index is 0.00752. The van der Waals surface area contributed by atoms with Crippen molar-refractivity contribution in [3.05, 3.63) is 71.8 Å². The number of nitrogens with zero attached hydrogens (tertiary/aromatic N) is 3. The quantitative estimate of drug-likeness (QED) is 0.253. The first-order chi connectivity index (χ1) is 17.5. The van der Waals surface area contributed by atoms with Gasteiger partial charge < -0.3 is 14.2 Å². The average molecular weight is 505 g/mol. The Morgan fingerprint density at radius 1 is 1.06 bits per heavy atom. The molecule has 2 heterocycles. The summed E-state index contributed by atoms with van der Waals surface area (Å²) in [6.45, 7) is 8.79. The number of nitrogens with one attached hydrogen (secondary N) is 1. The molecule has 0 aliphatic carbocycles. The fourth-order valence-corrected chi connectivity index (χ4v) is 4.44. The number of para-hydroxylation sites is 1. The highest BCUT2D eigenvalue weighted by atomic mass is 32.2. The van der Waals surface area contributed by atoms with E-state index in [0.717, 1.165) is 22.8 Å². The molecule has 0 unspecified atom stereocenters. The van der Waals surface area contributed by atoms with Gasteiger partial charge in [0, 0.05) is 0 Å². The SMILES string of the molecule is C=CCc1ccccc1OCCOc1ccc(/C=C2\C(=N)N3N=C(CC)SC3=NC2=O)cc1OCC. The molecule has 0 aromatic heterocycles. The van der Waals surface area contributed by atoms with Gasteiger partial charge in [0.15, 0.2) is 17.3 Å².